The van der Waals surface area contributed by atoms with Crippen LogP contribution in [-0.4, -0.2) is 55.0 Å². The molecule has 2 amide bonds. The number of carbonyl (C=O) groups excluding carboxylic acids is 2. The number of nitrogens with zero attached hydrogens (tertiary/aromatic N) is 2. The first kappa shape index (κ1) is 20.6. The first-order valence-electron chi connectivity index (χ1n) is 9.80. The summed E-state index contributed by atoms with van der Waals surface area (Å²) in [7, 11) is 3.20. The van der Waals surface area contributed by atoms with Crippen molar-refractivity contribution in [2.45, 2.75) is 31.7 Å². The Hall–Kier alpha value is -3.09. The van der Waals surface area contributed by atoms with Crippen molar-refractivity contribution in [3.05, 3.63) is 53.9 Å². The molecule has 1 aromatic heterocycles. The van der Waals surface area contributed by atoms with Gasteiger partial charge in [-0.3, -0.25) is 14.6 Å². The van der Waals surface area contributed by atoms with Gasteiger partial charge in [0, 0.05) is 43.5 Å². The van der Waals surface area contributed by atoms with Crippen LogP contribution >= 0.6 is 0 Å². The number of amides is 2. The zero-order chi connectivity index (χ0) is 20.6. The maximum atomic E-state index is 12.6. The van der Waals surface area contributed by atoms with Crippen LogP contribution in [0, 0.1) is 0 Å². The van der Waals surface area contributed by atoms with Crippen LogP contribution in [0.1, 0.15) is 35.2 Å². The SMILES string of the molecule is COc1ccc(CCC(=O)N2CCC(NC(=O)c3ccncc3)CC2)cc1OC. The monoisotopic (exact) mass is 397 g/mol. The van der Waals surface area contributed by atoms with E-state index in [1.165, 1.54) is 0 Å². The number of ether oxygens (including phenoxy) is 2. The largest absolute Gasteiger partial charge is 0.493 e. The lowest BCUT2D eigenvalue weighted by molar-refractivity contribution is -0.132. The number of aryl methyl sites for hydroxylation is 1. The van der Waals surface area contributed by atoms with Crippen molar-refractivity contribution in [3.8, 4) is 11.5 Å². The van der Waals surface area contributed by atoms with Gasteiger partial charge in [-0.1, -0.05) is 6.07 Å². The lowest BCUT2D eigenvalue weighted by atomic mass is 10.0. The predicted octanol–water partition coefficient (Wildman–Crippen LogP) is 2.45. The third-order valence-corrected chi connectivity index (χ3v) is 5.20. The van der Waals surface area contributed by atoms with E-state index in [1.54, 1.807) is 38.7 Å². The second-order valence-electron chi connectivity index (χ2n) is 7.05. The Balaban J connectivity index is 1.45. The van der Waals surface area contributed by atoms with Crippen molar-refractivity contribution < 1.29 is 19.1 Å². The Kier molecular flexibility index (Phi) is 7.05. The van der Waals surface area contributed by atoms with Crippen LogP contribution < -0.4 is 14.8 Å². The molecule has 0 aliphatic carbocycles. The smallest absolute Gasteiger partial charge is 0.251 e. The molecule has 0 spiro atoms. The van der Waals surface area contributed by atoms with Gasteiger partial charge in [0.05, 0.1) is 14.2 Å². The minimum atomic E-state index is -0.0920. The number of aromatic nitrogens is 1. The third kappa shape index (κ3) is 5.47. The van der Waals surface area contributed by atoms with Crippen LogP contribution in [-0.2, 0) is 11.2 Å². The zero-order valence-electron chi connectivity index (χ0n) is 16.9. The fraction of sp³-hybridized carbons (Fsp3) is 0.409. The Bertz CT molecular complexity index is 833. The topological polar surface area (TPSA) is 80.8 Å². The van der Waals surface area contributed by atoms with Gasteiger partial charge in [0.25, 0.3) is 5.91 Å². The van der Waals surface area contributed by atoms with E-state index >= 15 is 0 Å². The molecule has 2 heterocycles. The predicted molar refractivity (Wildman–Crippen MR) is 109 cm³/mol. The van der Waals surface area contributed by atoms with Gasteiger partial charge in [-0.25, -0.2) is 0 Å². The highest BCUT2D eigenvalue weighted by atomic mass is 16.5. The molecule has 1 N–H and O–H groups in total. The number of hydrogen-bond donors (Lipinski definition) is 1. The Morgan fingerprint density at radius 2 is 1.76 bits per heavy atom. The Morgan fingerprint density at radius 3 is 2.41 bits per heavy atom. The lowest BCUT2D eigenvalue weighted by Crippen LogP contribution is -2.46. The van der Waals surface area contributed by atoms with Gasteiger partial charge in [0.2, 0.25) is 5.91 Å². The summed E-state index contributed by atoms with van der Waals surface area (Å²) in [5.41, 5.74) is 1.64. The molecule has 154 valence electrons. The van der Waals surface area contributed by atoms with Crippen LogP contribution in [0.3, 0.4) is 0 Å². The zero-order valence-corrected chi connectivity index (χ0v) is 16.9. The van der Waals surface area contributed by atoms with Crippen LogP contribution in [0.2, 0.25) is 0 Å². The first-order valence-corrected chi connectivity index (χ1v) is 9.80. The number of carbonyl (C=O) groups is 2. The summed E-state index contributed by atoms with van der Waals surface area (Å²) < 4.78 is 10.6. The lowest BCUT2D eigenvalue weighted by Gasteiger charge is -2.32. The number of hydrogen-bond acceptors (Lipinski definition) is 5. The number of nitrogens with one attached hydrogen (secondary N) is 1. The summed E-state index contributed by atoms with van der Waals surface area (Å²) in [6.07, 6.45) is 5.84. The quantitative estimate of drug-likeness (QED) is 0.776. The number of benzene rings is 1. The first-order chi connectivity index (χ1) is 14.1. The molecule has 2 aromatic rings. The molecule has 3 rings (SSSR count). The van der Waals surface area contributed by atoms with Gasteiger partial charge >= 0.3 is 0 Å². The molecule has 7 heteroatoms. The molecule has 0 unspecified atom stereocenters. The maximum Gasteiger partial charge on any atom is 0.251 e. The summed E-state index contributed by atoms with van der Waals surface area (Å²) in [5.74, 6) is 1.39. The molecule has 1 aromatic carbocycles. The van der Waals surface area contributed by atoms with E-state index in [9.17, 15) is 9.59 Å². The van der Waals surface area contributed by atoms with Gasteiger partial charge in [-0.15, -0.1) is 0 Å². The van der Waals surface area contributed by atoms with Gasteiger partial charge < -0.3 is 19.7 Å². The fourth-order valence-electron chi connectivity index (χ4n) is 3.49. The molecule has 1 aliphatic heterocycles. The third-order valence-electron chi connectivity index (χ3n) is 5.20. The molecule has 1 saturated heterocycles. The van der Waals surface area contributed by atoms with E-state index in [0.29, 0.717) is 43.0 Å². The molecule has 0 radical (unpaired) electrons. The van der Waals surface area contributed by atoms with Crippen LogP contribution in [0.5, 0.6) is 11.5 Å². The van der Waals surface area contributed by atoms with E-state index in [1.807, 2.05) is 23.1 Å². The normalized spacial score (nSPS) is 14.3. The second-order valence-corrected chi connectivity index (χ2v) is 7.05. The number of piperidine rings is 1. The van der Waals surface area contributed by atoms with Crippen molar-refractivity contribution in [2.75, 3.05) is 27.3 Å². The summed E-state index contributed by atoms with van der Waals surface area (Å²) >= 11 is 0. The van der Waals surface area contributed by atoms with Crippen LogP contribution in [0.15, 0.2) is 42.7 Å². The molecular weight excluding hydrogens is 370 g/mol. The van der Waals surface area contributed by atoms with Crippen LogP contribution in [0.25, 0.3) is 0 Å². The summed E-state index contributed by atoms with van der Waals surface area (Å²) in [6.45, 7) is 1.32. The highest BCUT2D eigenvalue weighted by Gasteiger charge is 2.24. The fourth-order valence-corrected chi connectivity index (χ4v) is 3.49. The van der Waals surface area contributed by atoms with Crippen molar-refractivity contribution in [1.82, 2.24) is 15.2 Å². The van der Waals surface area contributed by atoms with Gasteiger partial charge in [-0.2, -0.15) is 0 Å². The summed E-state index contributed by atoms with van der Waals surface area (Å²) in [5, 5.41) is 3.05. The average molecular weight is 397 g/mol. The molecule has 0 saturated carbocycles. The molecule has 1 fully saturated rings. The summed E-state index contributed by atoms with van der Waals surface area (Å²) in [4.78, 5) is 30.6. The minimum absolute atomic E-state index is 0.0885. The average Bonchev–Trinajstić information content (AvgIpc) is 2.78. The Morgan fingerprint density at radius 1 is 1.07 bits per heavy atom. The van der Waals surface area contributed by atoms with E-state index in [2.05, 4.69) is 10.3 Å². The van der Waals surface area contributed by atoms with Crippen molar-refractivity contribution in [3.63, 3.8) is 0 Å². The second kappa shape index (κ2) is 9.91. The van der Waals surface area contributed by atoms with E-state index < -0.39 is 0 Å². The van der Waals surface area contributed by atoms with Gasteiger partial charge in [-0.05, 0) is 49.1 Å². The molecule has 0 atom stereocenters. The van der Waals surface area contributed by atoms with Crippen molar-refractivity contribution in [2.24, 2.45) is 0 Å². The molecule has 7 nitrogen and oxygen atoms in total. The van der Waals surface area contributed by atoms with Gasteiger partial charge in [0.15, 0.2) is 11.5 Å². The van der Waals surface area contributed by atoms with Gasteiger partial charge in [0.1, 0.15) is 0 Å². The highest BCUT2D eigenvalue weighted by molar-refractivity contribution is 5.94. The van der Waals surface area contributed by atoms with E-state index in [-0.39, 0.29) is 17.9 Å². The molecule has 29 heavy (non-hydrogen) atoms. The number of rotatable bonds is 7. The number of methoxy groups -OCH3 is 2. The van der Waals surface area contributed by atoms with E-state index in [0.717, 1.165) is 18.4 Å². The van der Waals surface area contributed by atoms with Crippen molar-refractivity contribution >= 4 is 11.8 Å². The summed E-state index contributed by atoms with van der Waals surface area (Å²) in [6, 6.07) is 9.20. The maximum absolute atomic E-state index is 12.6. The number of likely N-dealkylation sites (tertiary alicyclic amines) is 1. The molecule has 1 aliphatic rings. The Labute approximate surface area is 171 Å². The standard InChI is InChI=1S/C22H27N3O4/c1-28-19-5-3-16(15-20(19)29-2)4-6-21(26)25-13-9-18(10-14-25)24-22(27)17-7-11-23-12-8-17/h3,5,7-8,11-12,15,18H,4,6,9-10,13-14H2,1-2H3,(H,24,27). The van der Waals surface area contributed by atoms with E-state index in [4.69, 9.17) is 9.47 Å². The van der Waals surface area contributed by atoms with Crippen LogP contribution in [0.4, 0.5) is 0 Å². The minimum Gasteiger partial charge on any atom is -0.493 e. The molecular formula is C22H27N3O4. The highest BCUT2D eigenvalue weighted by Crippen LogP contribution is 2.28. The molecule has 0 bridgehead atoms. The van der Waals surface area contributed by atoms with Crippen molar-refractivity contribution in [1.29, 1.82) is 0 Å². The number of pyridine rings is 1.